The molecule has 0 unspecified atom stereocenters. The van der Waals surface area contributed by atoms with Gasteiger partial charge < -0.3 is 0 Å². The van der Waals surface area contributed by atoms with Crippen LogP contribution >= 0.6 is 0 Å². The predicted octanol–water partition coefficient (Wildman–Crippen LogP) is 0.129. The maximum Gasteiger partial charge on any atom is 0.113 e. The van der Waals surface area contributed by atoms with Crippen molar-refractivity contribution in [2.45, 2.75) is 13.1 Å². The summed E-state index contributed by atoms with van der Waals surface area (Å²) < 4.78 is 2.01. The van der Waals surface area contributed by atoms with Gasteiger partial charge in [-0.15, -0.1) is 0 Å². The third kappa shape index (κ3) is 0.827. The fourth-order valence-electron chi connectivity index (χ4n) is 1.25. The number of nitrogens with zero attached hydrogens (tertiary/aromatic N) is 3. The molecule has 3 nitrogen and oxygen atoms in total. The molecule has 1 radical (unpaired) electrons. The van der Waals surface area contributed by atoms with Gasteiger partial charge in [-0.25, -0.2) is 0 Å². The largest absolute Gasteiger partial charge is 0.299 e. The number of hydrogen-bond acceptors (Lipinski definition) is 2. The molecule has 1 aliphatic rings. The maximum atomic E-state index is 4.06. The van der Waals surface area contributed by atoms with Crippen LogP contribution in [0.4, 0.5) is 0 Å². The third-order valence-corrected chi connectivity index (χ3v) is 1.87. The highest BCUT2D eigenvalue weighted by atomic mass is 15.3. The first-order valence-electron chi connectivity index (χ1n) is 3.47. The minimum absolute atomic E-state index is 1.01. The maximum absolute atomic E-state index is 4.06. The molecule has 53 valence electrons. The van der Waals surface area contributed by atoms with Gasteiger partial charge in [0.25, 0.3) is 0 Å². The van der Waals surface area contributed by atoms with E-state index in [4.69, 9.17) is 0 Å². The molecule has 1 aromatic heterocycles. The van der Waals surface area contributed by atoms with Gasteiger partial charge in [-0.05, 0) is 13.1 Å². The summed E-state index contributed by atoms with van der Waals surface area (Å²) in [5, 5.41) is 4.06. The topological polar surface area (TPSA) is 21.1 Å². The molecule has 0 aliphatic carbocycles. The minimum atomic E-state index is 1.01. The Morgan fingerprint density at radius 3 is 3.40 bits per heavy atom. The van der Waals surface area contributed by atoms with Crippen molar-refractivity contribution >= 4 is 0 Å². The fourth-order valence-corrected chi connectivity index (χ4v) is 1.25. The van der Waals surface area contributed by atoms with Gasteiger partial charge in [-0.1, -0.05) is 0 Å². The zero-order valence-corrected chi connectivity index (χ0v) is 6.04. The van der Waals surface area contributed by atoms with Gasteiger partial charge in [0.2, 0.25) is 0 Å². The molecule has 0 bridgehead atoms. The Morgan fingerprint density at radius 1 is 1.60 bits per heavy atom. The molecule has 0 amide bonds. The summed E-state index contributed by atoms with van der Waals surface area (Å²) in [6, 6.07) is 1.95. The monoisotopic (exact) mass is 136 g/mol. The molecule has 0 saturated carbocycles. The Hall–Kier alpha value is -0.830. The number of hydrogen-bond donors (Lipinski definition) is 0. The van der Waals surface area contributed by atoms with Crippen LogP contribution in [0.3, 0.4) is 0 Å². The average molecular weight is 136 g/mol. The summed E-state index contributed by atoms with van der Waals surface area (Å²) in [7, 11) is 2.12. The molecule has 0 atom stereocenters. The number of fused-ring (bicyclic) bond motifs is 1. The van der Waals surface area contributed by atoms with Crippen LogP contribution in [-0.2, 0) is 13.1 Å². The van der Waals surface area contributed by atoms with Crippen LogP contribution in [-0.4, -0.2) is 28.3 Å². The lowest BCUT2D eigenvalue weighted by Gasteiger charge is -2.22. The zero-order valence-electron chi connectivity index (χ0n) is 6.04. The summed E-state index contributed by atoms with van der Waals surface area (Å²) in [6.45, 7) is 3.12. The lowest BCUT2D eigenvalue weighted by Crippen LogP contribution is -2.30. The first-order valence-corrected chi connectivity index (χ1v) is 3.47. The molecule has 2 heterocycles. The van der Waals surface area contributed by atoms with Crippen LogP contribution in [0.5, 0.6) is 0 Å². The molecule has 0 spiro atoms. The fraction of sp³-hybridized carbons (Fsp3) is 0.571. The van der Waals surface area contributed by atoms with Crippen molar-refractivity contribution in [2.24, 2.45) is 0 Å². The molecule has 0 N–H and O–H groups in total. The van der Waals surface area contributed by atoms with Gasteiger partial charge in [0.05, 0.1) is 12.2 Å². The summed E-state index contributed by atoms with van der Waals surface area (Å²) in [4.78, 5) is 2.28. The van der Waals surface area contributed by atoms with Gasteiger partial charge in [-0.3, -0.25) is 9.58 Å². The highest BCUT2D eigenvalue weighted by Crippen LogP contribution is 2.07. The second-order valence-corrected chi connectivity index (χ2v) is 2.73. The summed E-state index contributed by atoms with van der Waals surface area (Å²) in [5.41, 5.74) is 1.27. The molecule has 1 aromatic rings. The first kappa shape index (κ1) is 5.92. The van der Waals surface area contributed by atoms with Crippen LogP contribution in [0, 0.1) is 6.20 Å². The lowest BCUT2D eigenvalue weighted by molar-refractivity contribution is 0.259. The summed E-state index contributed by atoms with van der Waals surface area (Å²) >= 11 is 0. The van der Waals surface area contributed by atoms with Crippen molar-refractivity contribution in [1.82, 2.24) is 14.7 Å². The van der Waals surface area contributed by atoms with Crippen molar-refractivity contribution in [2.75, 3.05) is 13.6 Å². The standard InChI is InChI=1S/C7H10N3/c1-9-4-5-10-7(6-9)2-3-8-10/h2H,4-6H2,1H3. The average Bonchev–Trinajstić information content (AvgIpc) is 2.33. The van der Waals surface area contributed by atoms with E-state index in [2.05, 4.69) is 23.2 Å². The Morgan fingerprint density at radius 2 is 2.50 bits per heavy atom. The molecule has 2 rings (SSSR count). The van der Waals surface area contributed by atoms with Crippen LogP contribution in [0.25, 0.3) is 0 Å². The zero-order chi connectivity index (χ0) is 6.97. The van der Waals surface area contributed by atoms with E-state index in [0.717, 1.165) is 19.6 Å². The van der Waals surface area contributed by atoms with E-state index in [1.54, 1.807) is 0 Å². The number of aromatic nitrogens is 2. The Labute approximate surface area is 60.3 Å². The third-order valence-electron chi connectivity index (χ3n) is 1.87. The quantitative estimate of drug-likeness (QED) is 0.505. The molecule has 0 fully saturated rings. The molecule has 0 aromatic carbocycles. The number of rotatable bonds is 0. The highest BCUT2D eigenvalue weighted by Gasteiger charge is 2.11. The lowest BCUT2D eigenvalue weighted by atomic mass is 10.3. The van der Waals surface area contributed by atoms with Crippen LogP contribution < -0.4 is 0 Å². The van der Waals surface area contributed by atoms with E-state index in [1.165, 1.54) is 5.69 Å². The van der Waals surface area contributed by atoms with E-state index in [0.29, 0.717) is 0 Å². The van der Waals surface area contributed by atoms with E-state index in [1.807, 2.05) is 10.7 Å². The van der Waals surface area contributed by atoms with E-state index in [9.17, 15) is 0 Å². The van der Waals surface area contributed by atoms with Crippen molar-refractivity contribution in [3.8, 4) is 0 Å². The van der Waals surface area contributed by atoms with Gasteiger partial charge in [-0.2, -0.15) is 5.10 Å². The molecule has 3 heteroatoms. The smallest absolute Gasteiger partial charge is 0.113 e. The number of likely N-dealkylation sites (N-methyl/N-ethyl adjacent to an activating group) is 1. The molecular weight excluding hydrogens is 126 g/mol. The second kappa shape index (κ2) is 2.09. The van der Waals surface area contributed by atoms with Crippen LogP contribution in [0.2, 0.25) is 0 Å². The summed E-state index contributed by atoms with van der Waals surface area (Å²) in [5.74, 6) is 0. The van der Waals surface area contributed by atoms with Crippen molar-refractivity contribution in [3.05, 3.63) is 18.0 Å². The molecular formula is C7H10N3. The molecule has 10 heavy (non-hydrogen) atoms. The van der Waals surface area contributed by atoms with Crippen molar-refractivity contribution in [3.63, 3.8) is 0 Å². The second-order valence-electron chi connectivity index (χ2n) is 2.73. The van der Waals surface area contributed by atoms with Gasteiger partial charge >= 0.3 is 0 Å². The van der Waals surface area contributed by atoms with Crippen molar-refractivity contribution in [1.29, 1.82) is 0 Å². The minimum Gasteiger partial charge on any atom is -0.299 e. The summed E-state index contributed by atoms with van der Waals surface area (Å²) in [6.07, 6.45) is 2.85. The van der Waals surface area contributed by atoms with Gasteiger partial charge in [0, 0.05) is 13.1 Å². The SMILES string of the molecule is CN1CCn2n[c]cc2C1. The Kier molecular flexibility index (Phi) is 1.24. The highest BCUT2D eigenvalue weighted by molar-refractivity contribution is 5.00. The van der Waals surface area contributed by atoms with E-state index >= 15 is 0 Å². The first-order chi connectivity index (χ1) is 4.86. The normalized spacial score (nSPS) is 18.9. The van der Waals surface area contributed by atoms with E-state index in [-0.39, 0.29) is 0 Å². The molecule has 1 aliphatic heterocycles. The Bertz CT molecular complexity index is 229. The predicted molar refractivity (Wildman–Crippen MR) is 37.4 cm³/mol. The van der Waals surface area contributed by atoms with Crippen molar-refractivity contribution < 1.29 is 0 Å². The molecule has 0 saturated heterocycles. The van der Waals surface area contributed by atoms with Crippen LogP contribution in [0.1, 0.15) is 5.69 Å². The van der Waals surface area contributed by atoms with Crippen LogP contribution in [0.15, 0.2) is 6.07 Å². The van der Waals surface area contributed by atoms with E-state index < -0.39 is 0 Å². The Balaban J connectivity index is 2.30. The van der Waals surface area contributed by atoms with Gasteiger partial charge in [0.15, 0.2) is 0 Å². The van der Waals surface area contributed by atoms with Gasteiger partial charge in [0.1, 0.15) is 6.20 Å².